The van der Waals surface area contributed by atoms with E-state index >= 15 is 0 Å². The summed E-state index contributed by atoms with van der Waals surface area (Å²) in [6.07, 6.45) is 1.06. The lowest BCUT2D eigenvalue weighted by molar-refractivity contribution is -0.140. The van der Waals surface area contributed by atoms with Gasteiger partial charge in [0, 0.05) is 28.4 Å². The molecule has 5 heteroatoms. The summed E-state index contributed by atoms with van der Waals surface area (Å²) >= 11 is 5.28. The zero-order chi connectivity index (χ0) is 22.5. The first-order valence-electron chi connectivity index (χ1n) is 10.4. The van der Waals surface area contributed by atoms with Crippen LogP contribution in [0.3, 0.4) is 0 Å². The van der Waals surface area contributed by atoms with E-state index in [1.165, 1.54) is 23.1 Å². The maximum Gasteiger partial charge on any atom is 0.305 e. The average Bonchev–Trinajstić information content (AvgIpc) is 3.25. The van der Waals surface area contributed by atoms with Gasteiger partial charge in [-0.05, 0) is 94.5 Å². The van der Waals surface area contributed by atoms with Crippen molar-refractivity contribution < 1.29 is 9.53 Å². The van der Waals surface area contributed by atoms with Gasteiger partial charge in [-0.2, -0.15) is 0 Å². The predicted octanol–water partition coefficient (Wildman–Crippen LogP) is 8.06. The summed E-state index contributed by atoms with van der Waals surface area (Å²) < 4.78 is 5.88. The smallest absolute Gasteiger partial charge is 0.305 e. The Morgan fingerprint density at radius 1 is 0.906 bits per heavy atom. The Hall–Kier alpha value is -2.89. The standard InChI is InChI=1S/C27H24BrNO2S/c1-19-4-3-5-24(18-19)29(22-11-6-20(7-12-22)8-17-27(30)31-2)23-13-9-21(10-14-23)25-15-16-26(28)32-25/h3-7,9-16,18H,8,17H2,1-2H3. The fraction of sp³-hybridized carbons (Fsp3) is 0.148. The van der Waals surface area contributed by atoms with Crippen molar-refractivity contribution in [2.75, 3.05) is 12.0 Å². The number of hydrogen-bond donors (Lipinski definition) is 0. The lowest BCUT2D eigenvalue weighted by Crippen LogP contribution is -2.10. The minimum Gasteiger partial charge on any atom is -0.469 e. The number of nitrogens with zero attached hydrogens (tertiary/aromatic N) is 1. The van der Waals surface area contributed by atoms with Crippen LogP contribution < -0.4 is 4.90 Å². The van der Waals surface area contributed by atoms with Crippen LogP contribution in [0, 0.1) is 6.92 Å². The van der Waals surface area contributed by atoms with Crippen molar-refractivity contribution >= 4 is 50.3 Å². The number of hydrogen-bond acceptors (Lipinski definition) is 4. The predicted molar refractivity (Wildman–Crippen MR) is 137 cm³/mol. The molecule has 0 N–H and O–H groups in total. The van der Waals surface area contributed by atoms with E-state index in [4.69, 9.17) is 4.74 Å². The molecule has 0 bridgehead atoms. The second kappa shape index (κ2) is 10.2. The molecule has 0 atom stereocenters. The molecule has 1 heterocycles. The van der Waals surface area contributed by atoms with E-state index in [0.717, 1.165) is 26.4 Å². The van der Waals surface area contributed by atoms with Gasteiger partial charge in [0.2, 0.25) is 0 Å². The summed E-state index contributed by atoms with van der Waals surface area (Å²) in [4.78, 5) is 15.0. The molecule has 0 aliphatic heterocycles. The summed E-state index contributed by atoms with van der Waals surface area (Å²) in [6, 6.07) is 29.8. The summed E-state index contributed by atoms with van der Waals surface area (Å²) in [5, 5.41) is 0. The number of ether oxygens (including phenoxy) is 1. The van der Waals surface area contributed by atoms with E-state index in [-0.39, 0.29) is 5.97 Å². The Balaban J connectivity index is 1.66. The number of aryl methyl sites for hydroxylation is 2. The molecule has 3 aromatic carbocycles. The summed E-state index contributed by atoms with van der Waals surface area (Å²) in [7, 11) is 1.42. The molecule has 0 aliphatic carbocycles. The molecule has 162 valence electrons. The van der Waals surface area contributed by atoms with Gasteiger partial charge >= 0.3 is 5.97 Å². The molecular formula is C27H24BrNO2S. The molecule has 4 aromatic rings. The van der Waals surface area contributed by atoms with Crippen molar-refractivity contribution in [1.29, 1.82) is 0 Å². The van der Waals surface area contributed by atoms with Crippen LogP contribution >= 0.6 is 27.3 Å². The van der Waals surface area contributed by atoms with Crippen LogP contribution in [0.5, 0.6) is 0 Å². The normalized spacial score (nSPS) is 10.7. The lowest BCUT2D eigenvalue weighted by Gasteiger charge is -2.26. The van der Waals surface area contributed by atoms with Crippen LogP contribution in [0.25, 0.3) is 10.4 Å². The first kappa shape index (κ1) is 22.3. The summed E-state index contributed by atoms with van der Waals surface area (Å²) in [5.41, 5.74) is 6.80. The highest BCUT2D eigenvalue weighted by Crippen LogP contribution is 2.37. The van der Waals surface area contributed by atoms with E-state index in [1.807, 2.05) is 0 Å². The van der Waals surface area contributed by atoms with Gasteiger partial charge in [0.25, 0.3) is 0 Å². The van der Waals surface area contributed by atoms with Crippen LogP contribution in [0.4, 0.5) is 17.1 Å². The van der Waals surface area contributed by atoms with Gasteiger partial charge in [-0.25, -0.2) is 0 Å². The molecule has 0 aliphatic rings. The SMILES string of the molecule is COC(=O)CCc1ccc(N(c2ccc(-c3ccc(Br)s3)cc2)c2cccc(C)c2)cc1. The largest absolute Gasteiger partial charge is 0.469 e. The van der Waals surface area contributed by atoms with Gasteiger partial charge in [0.1, 0.15) is 0 Å². The number of halogens is 1. The van der Waals surface area contributed by atoms with Crippen LogP contribution in [-0.4, -0.2) is 13.1 Å². The third-order valence-corrected chi connectivity index (χ3v) is 6.96. The van der Waals surface area contributed by atoms with Crippen LogP contribution in [-0.2, 0) is 16.0 Å². The van der Waals surface area contributed by atoms with Gasteiger partial charge < -0.3 is 9.64 Å². The first-order chi connectivity index (χ1) is 15.5. The zero-order valence-electron chi connectivity index (χ0n) is 18.0. The Bertz CT molecular complexity index is 1200. The Morgan fingerprint density at radius 3 is 2.19 bits per heavy atom. The van der Waals surface area contributed by atoms with Gasteiger partial charge in [0.15, 0.2) is 0 Å². The summed E-state index contributed by atoms with van der Waals surface area (Å²) in [5.74, 6) is -0.187. The lowest BCUT2D eigenvalue weighted by atomic mass is 10.1. The molecule has 3 nitrogen and oxygen atoms in total. The van der Waals surface area contributed by atoms with Crippen molar-refractivity contribution in [2.45, 2.75) is 19.8 Å². The van der Waals surface area contributed by atoms with Crippen molar-refractivity contribution in [2.24, 2.45) is 0 Å². The van der Waals surface area contributed by atoms with Crippen molar-refractivity contribution in [3.8, 4) is 10.4 Å². The van der Waals surface area contributed by atoms with Crippen molar-refractivity contribution in [1.82, 2.24) is 0 Å². The van der Waals surface area contributed by atoms with Crippen LogP contribution in [0.15, 0.2) is 88.7 Å². The number of rotatable bonds is 7. The van der Waals surface area contributed by atoms with Gasteiger partial charge in [0.05, 0.1) is 10.9 Å². The summed E-state index contributed by atoms with van der Waals surface area (Å²) in [6.45, 7) is 2.11. The van der Waals surface area contributed by atoms with Crippen molar-refractivity contribution in [3.05, 3.63) is 99.8 Å². The fourth-order valence-electron chi connectivity index (χ4n) is 3.62. The maximum atomic E-state index is 11.5. The second-order valence-electron chi connectivity index (χ2n) is 7.57. The number of esters is 1. The topological polar surface area (TPSA) is 29.5 Å². The first-order valence-corrected chi connectivity index (χ1v) is 12.0. The number of anilines is 3. The van der Waals surface area contributed by atoms with Crippen LogP contribution in [0.2, 0.25) is 0 Å². The zero-order valence-corrected chi connectivity index (χ0v) is 20.4. The molecule has 0 fully saturated rings. The molecule has 0 unspecified atom stereocenters. The van der Waals surface area contributed by atoms with Gasteiger partial charge in [-0.3, -0.25) is 4.79 Å². The van der Waals surface area contributed by atoms with Crippen LogP contribution in [0.1, 0.15) is 17.5 Å². The Kier molecular flexibility index (Phi) is 7.08. The van der Waals surface area contributed by atoms with E-state index in [0.29, 0.717) is 12.8 Å². The van der Waals surface area contributed by atoms with Crippen molar-refractivity contribution in [3.63, 3.8) is 0 Å². The highest BCUT2D eigenvalue weighted by atomic mass is 79.9. The number of carbonyl (C=O) groups excluding carboxylic acids is 1. The molecule has 4 rings (SSSR count). The molecule has 0 saturated heterocycles. The molecular weight excluding hydrogens is 482 g/mol. The third-order valence-electron chi connectivity index (χ3n) is 5.28. The highest BCUT2D eigenvalue weighted by Gasteiger charge is 2.13. The minimum absolute atomic E-state index is 0.187. The molecule has 1 aromatic heterocycles. The highest BCUT2D eigenvalue weighted by molar-refractivity contribution is 9.11. The fourth-order valence-corrected chi connectivity index (χ4v) is 5.01. The quantitative estimate of drug-likeness (QED) is 0.238. The number of carbonyl (C=O) groups is 1. The molecule has 0 spiro atoms. The van der Waals surface area contributed by atoms with E-state index < -0.39 is 0 Å². The van der Waals surface area contributed by atoms with E-state index in [9.17, 15) is 4.79 Å². The third kappa shape index (κ3) is 5.29. The monoisotopic (exact) mass is 505 g/mol. The number of thiophene rings is 1. The Labute approximate surface area is 201 Å². The van der Waals surface area contributed by atoms with E-state index in [1.54, 1.807) is 11.3 Å². The molecule has 0 saturated carbocycles. The number of benzene rings is 3. The second-order valence-corrected chi connectivity index (χ2v) is 10.0. The number of methoxy groups -OCH3 is 1. The average molecular weight is 506 g/mol. The maximum absolute atomic E-state index is 11.5. The van der Waals surface area contributed by atoms with E-state index in [2.05, 4.69) is 113 Å². The van der Waals surface area contributed by atoms with Gasteiger partial charge in [-0.15, -0.1) is 11.3 Å². The molecule has 0 amide bonds. The minimum atomic E-state index is -0.187. The Morgan fingerprint density at radius 2 is 1.59 bits per heavy atom. The molecule has 0 radical (unpaired) electrons. The molecule has 32 heavy (non-hydrogen) atoms. The van der Waals surface area contributed by atoms with Gasteiger partial charge in [-0.1, -0.05) is 36.4 Å².